The molecule has 0 spiro atoms. The van der Waals surface area contributed by atoms with Gasteiger partial charge in [-0.1, -0.05) is 13.3 Å². The van der Waals surface area contributed by atoms with Gasteiger partial charge in [-0.15, -0.1) is 0 Å². The maximum atomic E-state index is 12.3. The van der Waals surface area contributed by atoms with E-state index in [1.165, 1.54) is 6.92 Å². The number of carbonyl (C=O) groups excluding carboxylic acids is 2. The molecule has 1 aromatic heterocycles. The summed E-state index contributed by atoms with van der Waals surface area (Å²) in [6.07, 6.45) is 2.48. The van der Waals surface area contributed by atoms with Gasteiger partial charge in [0.15, 0.2) is 6.10 Å². The predicted octanol–water partition coefficient (Wildman–Crippen LogP) is 1.39. The highest BCUT2D eigenvalue weighted by molar-refractivity contribution is 5.87. The normalized spacial score (nSPS) is 15.1. The molecule has 1 heterocycles. The van der Waals surface area contributed by atoms with Crippen molar-refractivity contribution in [2.75, 3.05) is 0 Å². The van der Waals surface area contributed by atoms with Crippen LogP contribution in [0, 0.1) is 6.92 Å². The minimum atomic E-state index is -1.32. The van der Waals surface area contributed by atoms with Crippen LogP contribution in [0.15, 0.2) is 21.3 Å². The number of aryl methyl sites for hydroxylation is 2. The first-order valence-electron chi connectivity index (χ1n) is 9.59. The topological polar surface area (TPSA) is 109 Å². The van der Waals surface area contributed by atoms with Crippen LogP contribution in [-0.2, 0) is 22.4 Å². The van der Waals surface area contributed by atoms with E-state index in [-0.39, 0.29) is 12.0 Å². The van der Waals surface area contributed by atoms with Crippen LogP contribution in [0.2, 0.25) is 0 Å². The summed E-state index contributed by atoms with van der Waals surface area (Å²) in [7, 11) is 0. The van der Waals surface area contributed by atoms with Crippen LogP contribution >= 0.6 is 0 Å². The molecular weight excluding hydrogens is 362 g/mol. The fourth-order valence-electron chi connectivity index (χ4n) is 3.66. The first-order valence-corrected chi connectivity index (χ1v) is 9.59. The number of rotatable bonds is 7. The van der Waals surface area contributed by atoms with Crippen LogP contribution in [0.1, 0.15) is 49.8 Å². The lowest BCUT2D eigenvalue weighted by Gasteiger charge is -2.22. The monoisotopic (exact) mass is 386 g/mol. The van der Waals surface area contributed by atoms with Gasteiger partial charge in [0, 0.05) is 16.5 Å². The summed E-state index contributed by atoms with van der Waals surface area (Å²) in [6.45, 7) is 5.13. The summed E-state index contributed by atoms with van der Waals surface area (Å²) in [5, 5.41) is 14.5. The van der Waals surface area contributed by atoms with Gasteiger partial charge in [0.05, 0.1) is 12.0 Å². The van der Waals surface area contributed by atoms with Gasteiger partial charge in [-0.05, 0) is 57.2 Å². The zero-order valence-electron chi connectivity index (χ0n) is 16.3. The lowest BCUT2D eigenvalue weighted by Crippen LogP contribution is -2.51. The van der Waals surface area contributed by atoms with Crippen LogP contribution in [-0.4, -0.2) is 24.0 Å². The zero-order valence-corrected chi connectivity index (χ0v) is 16.3. The van der Waals surface area contributed by atoms with E-state index in [9.17, 15) is 19.5 Å². The lowest BCUT2D eigenvalue weighted by atomic mass is 10.0. The Labute approximate surface area is 162 Å². The van der Waals surface area contributed by atoms with Gasteiger partial charge in [-0.2, -0.15) is 0 Å². The molecule has 7 heteroatoms. The van der Waals surface area contributed by atoms with Gasteiger partial charge >= 0.3 is 5.63 Å². The molecule has 1 aromatic carbocycles. The molecule has 7 nitrogen and oxygen atoms in total. The molecule has 3 rings (SSSR count). The molecule has 1 aliphatic carbocycles. The van der Waals surface area contributed by atoms with Crippen LogP contribution in [0.25, 0.3) is 11.0 Å². The number of ether oxygens (including phenoxy) is 1. The Kier molecular flexibility index (Phi) is 5.72. The molecule has 1 amide bonds. The van der Waals surface area contributed by atoms with Gasteiger partial charge in [0.2, 0.25) is 0 Å². The van der Waals surface area contributed by atoms with E-state index >= 15 is 0 Å². The number of benzene rings is 1. The van der Waals surface area contributed by atoms with E-state index in [4.69, 9.17) is 9.15 Å². The quantitative estimate of drug-likeness (QED) is 0.721. The molecule has 0 fully saturated rings. The fourth-order valence-corrected chi connectivity index (χ4v) is 3.66. The average Bonchev–Trinajstić information content (AvgIpc) is 3.14. The highest BCUT2D eigenvalue weighted by Crippen LogP contribution is 2.33. The number of carbonyl (C=O) groups is 2. The van der Waals surface area contributed by atoms with E-state index in [2.05, 4.69) is 5.32 Å². The molecule has 2 aromatic rings. The van der Waals surface area contributed by atoms with Crippen molar-refractivity contribution in [1.29, 1.82) is 0 Å². The standard InChI is InChI=1S/C21H25NO6/c1-4-6-16(20(24)25)22-19(23)12(3)27-17-10-9-14-13-7-5-8-15(13)21(26)28-18(14)11(17)2/h9-10,12,16H,4-8H2,1-3H3,(H,22,23)(H,24,25)/p-1/t12-,16+/m1/s1. The summed E-state index contributed by atoms with van der Waals surface area (Å²) < 4.78 is 11.3. The van der Waals surface area contributed by atoms with Crippen LogP contribution in [0.5, 0.6) is 5.75 Å². The number of hydrogen-bond donors (Lipinski definition) is 1. The number of aliphatic carboxylic acids is 1. The molecular formula is C21H24NO6-. The highest BCUT2D eigenvalue weighted by Gasteiger charge is 2.23. The van der Waals surface area contributed by atoms with Crippen molar-refractivity contribution in [2.45, 2.75) is 65.0 Å². The molecule has 0 radical (unpaired) electrons. The molecule has 1 N–H and O–H groups in total. The minimum Gasteiger partial charge on any atom is -0.548 e. The van der Waals surface area contributed by atoms with Crippen molar-refractivity contribution in [3.05, 3.63) is 39.2 Å². The van der Waals surface area contributed by atoms with Crippen molar-refractivity contribution in [3.63, 3.8) is 0 Å². The number of carboxylic acid groups (broad SMARTS) is 1. The fraction of sp³-hybridized carbons (Fsp3) is 0.476. The van der Waals surface area contributed by atoms with E-state index in [0.29, 0.717) is 23.3 Å². The first kappa shape index (κ1) is 19.9. The Morgan fingerprint density at radius 1 is 1.29 bits per heavy atom. The SMILES string of the molecule is CCC[C@H](NC(=O)[C@@H](C)Oc1ccc2c3c(c(=O)oc2c1C)CCC3)C(=O)[O-]. The van der Waals surface area contributed by atoms with E-state index in [0.717, 1.165) is 35.8 Å². The van der Waals surface area contributed by atoms with Gasteiger partial charge < -0.3 is 24.4 Å². The molecule has 28 heavy (non-hydrogen) atoms. The Bertz CT molecular complexity index is 977. The summed E-state index contributed by atoms with van der Waals surface area (Å²) in [5.74, 6) is -1.45. The first-order chi connectivity index (χ1) is 13.3. The third kappa shape index (κ3) is 3.74. The third-order valence-corrected chi connectivity index (χ3v) is 5.19. The van der Waals surface area contributed by atoms with Gasteiger partial charge in [0.25, 0.3) is 5.91 Å². The van der Waals surface area contributed by atoms with Crippen molar-refractivity contribution in [3.8, 4) is 5.75 Å². The summed E-state index contributed by atoms with van der Waals surface area (Å²) in [5.41, 5.74) is 2.56. The molecule has 150 valence electrons. The zero-order chi connectivity index (χ0) is 20.4. The van der Waals surface area contributed by atoms with E-state index in [1.807, 2.05) is 13.0 Å². The number of amides is 1. The van der Waals surface area contributed by atoms with Crippen molar-refractivity contribution in [2.24, 2.45) is 0 Å². The van der Waals surface area contributed by atoms with Gasteiger partial charge in [-0.3, -0.25) is 4.79 Å². The summed E-state index contributed by atoms with van der Waals surface area (Å²) in [6, 6.07) is 2.54. The highest BCUT2D eigenvalue weighted by atomic mass is 16.5. The van der Waals surface area contributed by atoms with Crippen LogP contribution in [0.4, 0.5) is 0 Å². The van der Waals surface area contributed by atoms with Crippen molar-refractivity contribution >= 4 is 22.8 Å². The molecule has 0 aliphatic heterocycles. The number of hydrogen-bond acceptors (Lipinski definition) is 6. The maximum absolute atomic E-state index is 12.3. The maximum Gasteiger partial charge on any atom is 0.339 e. The van der Waals surface area contributed by atoms with Gasteiger partial charge in [-0.25, -0.2) is 4.79 Å². The summed E-state index contributed by atoms with van der Waals surface area (Å²) in [4.78, 5) is 35.7. The molecule has 1 aliphatic rings. The van der Waals surface area contributed by atoms with Gasteiger partial charge in [0.1, 0.15) is 11.3 Å². The third-order valence-electron chi connectivity index (χ3n) is 5.19. The number of fused-ring (bicyclic) bond motifs is 3. The smallest absolute Gasteiger partial charge is 0.339 e. The van der Waals surface area contributed by atoms with E-state index in [1.54, 1.807) is 13.0 Å². The molecule has 0 bridgehead atoms. The average molecular weight is 386 g/mol. The second-order valence-corrected chi connectivity index (χ2v) is 7.19. The Morgan fingerprint density at radius 2 is 2.00 bits per heavy atom. The Morgan fingerprint density at radius 3 is 2.68 bits per heavy atom. The lowest BCUT2D eigenvalue weighted by molar-refractivity contribution is -0.308. The number of nitrogens with one attached hydrogen (secondary N) is 1. The van der Waals surface area contributed by atoms with Crippen molar-refractivity contribution < 1.29 is 23.8 Å². The predicted molar refractivity (Wildman–Crippen MR) is 101 cm³/mol. The second-order valence-electron chi connectivity index (χ2n) is 7.19. The minimum absolute atomic E-state index is 0.284. The molecule has 2 atom stereocenters. The van der Waals surface area contributed by atoms with Crippen molar-refractivity contribution in [1.82, 2.24) is 5.32 Å². The van der Waals surface area contributed by atoms with Crippen LogP contribution in [0.3, 0.4) is 0 Å². The summed E-state index contributed by atoms with van der Waals surface area (Å²) >= 11 is 0. The van der Waals surface area contributed by atoms with Crippen LogP contribution < -0.4 is 20.8 Å². The second kappa shape index (κ2) is 8.04. The number of carboxylic acids is 1. The van der Waals surface area contributed by atoms with E-state index < -0.39 is 24.0 Å². The molecule has 0 saturated heterocycles. The molecule has 0 saturated carbocycles. The Balaban J connectivity index is 1.83. The largest absolute Gasteiger partial charge is 0.548 e. The molecule has 0 unspecified atom stereocenters. The Hall–Kier alpha value is -2.83.